The van der Waals surface area contributed by atoms with Crippen molar-refractivity contribution in [1.82, 2.24) is 9.78 Å². The molecule has 5 nitrogen and oxygen atoms in total. The van der Waals surface area contributed by atoms with Gasteiger partial charge in [0.1, 0.15) is 18.2 Å². The zero-order valence-electron chi connectivity index (χ0n) is 13.5. The van der Waals surface area contributed by atoms with Crippen LogP contribution in [0.3, 0.4) is 0 Å². The Bertz CT molecular complexity index is 734. The van der Waals surface area contributed by atoms with Crippen LogP contribution >= 0.6 is 0 Å². The highest BCUT2D eigenvalue weighted by atomic mass is 16.5. The molecule has 1 atom stereocenters. The van der Waals surface area contributed by atoms with Gasteiger partial charge in [0, 0.05) is 29.5 Å². The Morgan fingerprint density at radius 1 is 1.43 bits per heavy atom. The van der Waals surface area contributed by atoms with E-state index in [9.17, 15) is 4.79 Å². The summed E-state index contributed by atoms with van der Waals surface area (Å²) in [6, 6.07) is 8.03. The van der Waals surface area contributed by atoms with E-state index in [4.69, 9.17) is 4.74 Å². The summed E-state index contributed by atoms with van der Waals surface area (Å²) < 4.78 is 7.62. The molecule has 0 spiro atoms. The van der Waals surface area contributed by atoms with Gasteiger partial charge < -0.3 is 10.1 Å². The van der Waals surface area contributed by atoms with E-state index in [0.717, 1.165) is 22.7 Å². The predicted molar refractivity (Wildman–Crippen MR) is 89.8 cm³/mol. The molecule has 0 saturated heterocycles. The number of nitrogens with zero attached hydrogens (tertiary/aromatic N) is 2. The summed E-state index contributed by atoms with van der Waals surface area (Å²) in [5.74, 6) is 1.53. The van der Waals surface area contributed by atoms with E-state index < -0.39 is 0 Å². The van der Waals surface area contributed by atoms with Crippen LogP contribution in [0.15, 0.2) is 43.1 Å². The van der Waals surface area contributed by atoms with Gasteiger partial charge in [-0.15, -0.1) is 0 Å². The fourth-order valence-corrected chi connectivity index (χ4v) is 2.96. The zero-order valence-corrected chi connectivity index (χ0v) is 13.5. The van der Waals surface area contributed by atoms with Crippen LogP contribution in [0.2, 0.25) is 0 Å². The SMILES string of the molecule is C=CCOc1ccccc1C1CC(=O)Nc2c1cnn2C(C)C. The Kier molecular flexibility index (Phi) is 4.19. The molecule has 0 radical (unpaired) electrons. The summed E-state index contributed by atoms with van der Waals surface area (Å²) in [6.45, 7) is 8.22. The molecule has 5 heteroatoms. The molecule has 1 aliphatic rings. The Hall–Kier alpha value is -2.56. The molecule has 1 aromatic heterocycles. The van der Waals surface area contributed by atoms with E-state index in [1.54, 1.807) is 6.08 Å². The number of para-hydroxylation sites is 1. The molecule has 0 bridgehead atoms. The Morgan fingerprint density at radius 3 is 2.96 bits per heavy atom. The largest absolute Gasteiger partial charge is 0.489 e. The van der Waals surface area contributed by atoms with Crippen LogP contribution in [0, 0.1) is 0 Å². The van der Waals surface area contributed by atoms with Crippen LogP contribution in [0.5, 0.6) is 5.75 Å². The van der Waals surface area contributed by atoms with E-state index >= 15 is 0 Å². The van der Waals surface area contributed by atoms with E-state index in [1.165, 1.54) is 0 Å². The molecule has 1 unspecified atom stereocenters. The lowest BCUT2D eigenvalue weighted by Gasteiger charge is -2.26. The minimum absolute atomic E-state index is 0.00317. The van der Waals surface area contributed by atoms with Crippen LogP contribution in [0.1, 0.15) is 43.4 Å². The molecule has 3 rings (SSSR count). The van der Waals surface area contributed by atoms with Crippen LogP contribution in [0.4, 0.5) is 5.82 Å². The lowest BCUT2D eigenvalue weighted by molar-refractivity contribution is -0.116. The number of anilines is 1. The Balaban J connectivity index is 2.05. The molecule has 0 aliphatic carbocycles. The van der Waals surface area contributed by atoms with E-state index in [-0.39, 0.29) is 17.9 Å². The number of fused-ring (bicyclic) bond motifs is 1. The van der Waals surface area contributed by atoms with Crippen molar-refractivity contribution in [2.75, 3.05) is 11.9 Å². The number of benzene rings is 1. The smallest absolute Gasteiger partial charge is 0.226 e. The van der Waals surface area contributed by atoms with Crippen molar-refractivity contribution < 1.29 is 9.53 Å². The fraction of sp³-hybridized carbons (Fsp3) is 0.333. The van der Waals surface area contributed by atoms with E-state index in [1.807, 2.05) is 49.0 Å². The third kappa shape index (κ3) is 2.86. The van der Waals surface area contributed by atoms with Crippen molar-refractivity contribution in [2.45, 2.75) is 32.2 Å². The van der Waals surface area contributed by atoms with Gasteiger partial charge in [0.2, 0.25) is 5.91 Å². The number of carbonyl (C=O) groups is 1. The molecule has 120 valence electrons. The Morgan fingerprint density at radius 2 is 2.22 bits per heavy atom. The first kappa shape index (κ1) is 15.3. The summed E-state index contributed by atoms with van der Waals surface area (Å²) in [6.07, 6.45) is 3.96. The molecular formula is C18H21N3O2. The maximum atomic E-state index is 12.2. The minimum atomic E-state index is -0.0488. The average molecular weight is 311 g/mol. The van der Waals surface area contributed by atoms with Gasteiger partial charge in [-0.25, -0.2) is 4.68 Å². The summed E-state index contributed by atoms with van der Waals surface area (Å²) in [4.78, 5) is 12.2. The van der Waals surface area contributed by atoms with E-state index in [0.29, 0.717) is 13.0 Å². The number of ether oxygens (including phenoxy) is 1. The summed E-state index contributed by atoms with van der Waals surface area (Å²) in [7, 11) is 0. The standard InChI is InChI=1S/C18H21N3O2/c1-4-9-23-16-8-6-5-7-13(16)14-10-17(22)20-18-15(14)11-19-21(18)12(2)3/h4-8,11-12,14H,1,9-10H2,2-3H3,(H,20,22). The van der Waals surface area contributed by atoms with Crippen molar-refractivity contribution in [3.8, 4) is 5.75 Å². The molecule has 2 heterocycles. The normalized spacial score (nSPS) is 16.8. The molecule has 2 aromatic rings. The first-order valence-electron chi connectivity index (χ1n) is 7.81. The summed E-state index contributed by atoms with van der Waals surface area (Å²) >= 11 is 0. The number of nitrogens with one attached hydrogen (secondary N) is 1. The number of hydrogen-bond acceptors (Lipinski definition) is 3. The lowest BCUT2D eigenvalue weighted by Crippen LogP contribution is -2.25. The third-order valence-corrected chi connectivity index (χ3v) is 3.99. The van der Waals surface area contributed by atoms with Gasteiger partial charge in [-0.2, -0.15) is 5.10 Å². The number of amides is 1. The van der Waals surface area contributed by atoms with Gasteiger partial charge in [0.25, 0.3) is 0 Å². The number of carbonyl (C=O) groups excluding carboxylic acids is 1. The topological polar surface area (TPSA) is 56.1 Å². The van der Waals surface area contributed by atoms with Crippen molar-refractivity contribution in [2.24, 2.45) is 0 Å². The zero-order chi connectivity index (χ0) is 16.4. The summed E-state index contributed by atoms with van der Waals surface area (Å²) in [5, 5.41) is 7.40. The first-order valence-corrected chi connectivity index (χ1v) is 7.81. The van der Waals surface area contributed by atoms with Crippen LogP contribution in [-0.2, 0) is 4.79 Å². The van der Waals surface area contributed by atoms with Crippen molar-refractivity contribution in [3.63, 3.8) is 0 Å². The van der Waals surface area contributed by atoms with Gasteiger partial charge in [-0.3, -0.25) is 4.79 Å². The highest BCUT2D eigenvalue weighted by molar-refractivity contribution is 5.94. The van der Waals surface area contributed by atoms with Crippen molar-refractivity contribution >= 4 is 11.7 Å². The fourth-order valence-electron chi connectivity index (χ4n) is 2.96. The number of aromatic nitrogens is 2. The monoisotopic (exact) mass is 311 g/mol. The summed E-state index contributed by atoms with van der Waals surface area (Å²) in [5.41, 5.74) is 2.04. The average Bonchev–Trinajstić information content (AvgIpc) is 2.96. The second kappa shape index (κ2) is 6.28. The molecule has 0 fully saturated rings. The van der Waals surface area contributed by atoms with Crippen LogP contribution in [0.25, 0.3) is 0 Å². The minimum Gasteiger partial charge on any atom is -0.489 e. The van der Waals surface area contributed by atoms with Crippen LogP contribution < -0.4 is 10.1 Å². The molecule has 1 aliphatic heterocycles. The maximum absolute atomic E-state index is 12.2. The van der Waals surface area contributed by atoms with Gasteiger partial charge in [0.05, 0.1) is 6.20 Å². The van der Waals surface area contributed by atoms with Gasteiger partial charge in [0.15, 0.2) is 0 Å². The van der Waals surface area contributed by atoms with E-state index in [2.05, 4.69) is 17.0 Å². The highest BCUT2D eigenvalue weighted by Crippen LogP contribution is 2.41. The second-order valence-electron chi connectivity index (χ2n) is 5.93. The van der Waals surface area contributed by atoms with Crippen molar-refractivity contribution in [1.29, 1.82) is 0 Å². The highest BCUT2D eigenvalue weighted by Gasteiger charge is 2.32. The quantitative estimate of drug-likeness (QED) is 0.860. The molecule has 1 N–H and O–H groups in total. The lowest BCUT2D eigenvalue weighted by atomic mass is 9.87. The van der Waals surface area contributed by atoms with Gasteiger partial charge in [-0.1, -0.05) is 30.9 Å². The second-order valence-corrected chi connectivity index (χ2v) is 5.93. The van der Waals surface area contributed by atoms with Crippen molar-refractivity contribution in [3.05, 3.63) is 54.2 Å². The predicted octanol–water partition coefficient (Wildman–Crippen LogP) is 3.50. The third-order valence-electron chi connectivity index (χ3n) is 3.99. The molecule has 0 saturated carbocycles. The number of rotatable bonds is 5. The molecule has 23 heavy (non-hydrogen) atoms. The molecule has 1 aromatic carbocycles. The number of hydrogen-bond donors (Lipinski definition) is 1. The molecular weight excluding hydrogens is 290 g/mol. The van der Waals surface area contributed by atoms with Gasteiger partial charge >= 0.3 is 0 Å². The van der Waals surface area contributed by atoms with Gasteiger partial charge in [-0.05, 0) is 19.9 Å². The first-order chi connectivity index (χ1) is 11.1. The van der Waals surface area contributed by atoms with Crippen LogP contribution in [-0.4, -0.2) is 22.3 Å². The Labute approximate surface area is 136 Å². The molecule has 1 amide bonds. The maximum Gasteiger partial charge on any atom is 0.226 e.